The highest BCUT2D eigenvalue weighted by atomic mass is 32.2. The normalized spacial score (nSPS) is 12.7. The van der Waals surface area contributed by atoms with Gasteiger partial charge in [-0.05, 0) is 38.0 Å². The smallest absolute Gasteiger partial charge is 0.328 e. The largest absolute Gasteiger partial charge is 0.478 e. The quantitative estimate of drug-likeness (QED) is 0.694. The number of carboxylic acids is 1. The molecule has 1 aromatic carbocycles. The van der Waals surface area contributed by atoms with Crippen LogP contribution >= 0.6 is 0 Å². The minimum atomic E-state index is -3.56. The minimum Gasteiger partial charge on any atom is -0.478 e. The van der Waals surface area contributed by atoms with Crippen LogP contribution in [-0.4, -0.2) is 25.0 Å². The van der Waals surface area contributed by atoms with Crippen molar-refractivity contribution in [3.8, 4) is 0 Å². The van der Waals surface area contributed by atoms with Crippen LogP contribution < -0.4 is 9.44 Å². The van der Waals surface area contributed by atoms with Gasteiger partial charge in [0.2, 0.25) is 0 Å². The molecule has 0 fully saturated rings. The van der Waals surface area contributed by atoms with E-state index in [0.717, 1.165) is 17.2 Å². The molecule has 0 aliphatic rings. The van der Waals surface area contributed by atoms with Crippen molar-refractivity contribution in [1.82, 2.24) is 9.44 Å². The van der Waals surface area contributed by atoms with E-state index in [4.69, 9.17) is 5.11 Å². The highest BCUT2D eigenvalue weighted by Crippen LogP contribution is 2.07. The molecule has 1 rings (SSSR count). The van der Waals surface area contributed by atoms with Gasteiger partial charge in [-0.15, -0.1) is 0 Å². The first-order valence-corrected chi connectivity index (χ1v) is 7.84. The van der Waals surface area contributed by atoms with Crippen molar-refractivity contribution in [3.05, 3.63) is 41.5 Å². The molecule has 0 aliphatic heterocycles. The Bertz CT molecular complexity index is 613. The monoisotopic (exact) mass is 312 g/mol. The van der Waals surface area contributed by atoms with Gasteiger partial charge in [-0.1, -0.05) is 24.3 Å². The second-order valence-corrected chi connectivity index (χ2v) is 7.09. The summed E-state index contributed by atoms with van der Waals surface area (Å²) in [5, 5.41) is 8.53. The second kappa shape index (κ2) is 6.84. The standard InChI is InChI=1S/C14H20N2O4S/c1-14(2,3)16-21(19,20)15-10-12-6-4-11(5-7-12)8-9-13(17)18/h4-9,15-16H,10H2,1-3H3,(H,17,18)/b9-8+. The maximum Gasteiger partial charge on any atom is 0.328 e. The van der Waals surface area contributed by atoms with Crippen molar-refractivity contribution in [3.63, 3.8) is 0 Å². The van der Waals surface area contributed by atoms with Crippen LogP contribution in [-0.2, 0) is 21.5 Å². The summed E-state index contributed by atoms with van der Waals surface area (Å²) < 4.78 is 28.5. The third-order valence-electron chi connectivity index (χ3n) is 2.30. The van der Waals surface area contributed by atoms with Crippen LogP contribution in [0.5, 0.6) is 0 Å². The molecular weight excluding hydrogens is 292 g/mol. The van der Waals surface area contributed by atoms with Crippen molar-refractivity contribution in [2.45, 2.75) is 32.9 Å². The Morgan fingerprint density at radius 3 is 2.29 bits per heavy atom. The van der Waals surface area contributed by atoms with Crippen LogP contribution in [0.3, 0.4) is 0 Å². The predicted octanol–water partition coefficient (Wildman–Crippen LogP) is 1.51. The molecule has 0 unspecified atom stereocenters. The topological polar surface area (TPSA) is 95.5 Å². The van der Waals surface area contributed by atoms with Gasteiger partial charge in [-0.2, -0.15) is 17.9 Å². The lowest BCUT2D eigenvalue weighted by molar-refractivity contribution is -0.131. The first-order chi connectivity index (χ1) is 9.57. The summed E-state index contributed by atoms with van der Waals surface area (Å²) in [7, 11) is -3.56. The highest BCUT2D eigenvalue weighted by molar-refractivity contribution is 7.87. The molecule has 0 radical (unpaired) electrons. The van der Waals surface area contributed by atoms with E-state index < -0.39 is 21.7 Å². The van der Waals surface area contributed by atoms with Gasteiger partial charge < -0.3 is 5.11 Å². The first kappa shape index (κ1) is 17.4. The van der Waals surface area contributed by atoms with E-state index in [1.807, 2.05) is 0 Å². The summed E-state index contributed by atoms with van der Waals surface area (Å²) in [5.74, 6) is -1.01. The van der Waals surface area contributed by atoms with Crippen molar-refractivity contribution >= 4 is 22.3 Å². The summed E-state index contributed by atoms with van der Waals surface area (Å²) in [6, 6.07) is 6.92. The summed E-state index contributed by atoms with van der Waals surface area (Å²) in [5.41, 5.74) is 0.968. The zero-order valence-electron chi connectivity index (χ0n) is 12.3. The van der Waals surface area contributed by atoms with Gasteiger partial charge in [0.25, 0.3) is 10.2 Å². The number of nitrogens with one attached hydrogen (secondary N) is 2. The van der Waals surface area contributed by atoms with Gasteiger partial charge >= 0.3 is 5.97 Å². The van der Waals surface area contributed by atoms with Crippen LogP contribution in [0, 0.1) is 0 Å². The zero-order valence-corrected chi connectivity index (χ0v) is 13.1. The average Bonchev–Trinajstić information content (AvgIpc) is 2.32. The van der Waals surface area contributed by atoms with Gasteiger partial charge in [0.05, 0.1) is 0 Å². The van der Waals surface area contributed by atoms with Gasteiger partial charge in [0.15, 0.2) is 0 Å². The van der Waals surface area contributed by atoms with E-state index in [1.54, 1.807) is 45.0 Å². The molecule has 3 N–H and O–H groups in total. The maximum atomic E-state index is 11.8. The lowest BCUT2D eigenvalue weighted by Crippen LogP contribution is -2.46. The summed E-state index contributed by atoms with van der Waals surface area (Å²) in [6.07, 6.45) is 2.52. The van der Waals surface area contributed by atoms with E-state index >= 15 is 0 Å². The Morgan fingerprint density at radius 2 is 1.81 bits per heavy atom. The first-order valence-electron chi connectivity index (χ1n) is 6.36. The van der Waals surface area contributed by atoms with Gasteiger partial charge in [-0.3, -0.25) is 0 Å². The predicted molar refractivity (Wildman–Crippen MR) is 81.8 cm³/mol. The van der Waals surface area contributed by atoms with Crippen LogP contribution in [0.25, 0.3) is 6.08 Å². The molecule has 0 aliphatic carbocycles. The number of benzene rings is 1. The molecule has 0 saturated carbocycles. The molecule has 0 bridgehead atoms. The second-order valence-electron chi connectivity index (χ2n) is 5.59. The third-order valence-corrected chi connectivity index (χ3v) is 3.71. The number of hydrogen-bond acceptors (Lipinski definition) is 3. The number of carbonyl (C=O) groups is 1. The maximum absolute atomic E-state index is 11.8. The third kappa shape index (κ3) is 7.60. The molecular formula is C14H20N2O4S. The van der Waals surface area contributed by atoms with Crippen molar-refractivity contribution < 1.29 is 18.3 Å². The fourth-order valence-corrected chi connectivity index (χ4v) is 2.77. The molecule has 0 atom stereocenters. The molecule has 116 valence electrons. The molecule has 0 aromatic heterocycles. The molecule has 1 aromatic rings. The van der Waals surface area contributed by atoms with E-state index in [0.29, 0.717) is 0 Å². The fourth-order valence-electron chi connectivity index (χ4n) is 1.53. The molecule has 0 spiro atoms. The number of rotatable bonds is 6. The lowest BCUT2D eigenvalue weighted by atomic mass is 10.1. The van der Waals surface area contributed by atoms with Crippen molar-refractivity contribution in [2.24, 2.45) is 0 Å². The van der Waals surface area contributed by atoms with Crippen molar-refractivity contribution in [2.75, 3.05) is 0 Å². The van der Waals surface area contributed by atoms with E-state index in [2.05, 4.69) is 9.44 Å². The molecule has 0 saturated heterocycles. The minimum absolute atomic E-state index is 0.161. The van der Waals surface area contributed by atoms with Crippen LogP contribution in [0.4, 0.5) is 0 Å². The lowest BCUT2D eigenvalue weighted by Gasteiger charge is -2.20. The molecule has 0 amide bonds. The number of carboxylic acid groups (broad SMARTS) is 1. The van der Waals surface area contributed by atoms with Crippen LogP contribution in [0.1, 0.15) is 31.9 Å². The number of hydrogen-bond donors (Lipinski definition) is 3. The SMILES string of the molecule is CC(C)(C)NS(=O)(=O)NCc1ccc(/C=C/C(=O)O)cc1. The van der Waals surface area contributed by atoms with Gasteiger partial charge in [0, 0.05) is 18.2 Å². The van der Waals surface area contributed by atoms with E-state index in [9.17, 15) is 13.2 Å². The summed E-state index contributed by atoms with van der Waals surface area (Å²) >= 11 is 0. The van der Waals surface area contributed by atoms with Crippen molar-refractivity contribution in [1.29, 1.82) is 0 Å². The Kier molecular flexibility index (Phi) is 5.65. The molecule has 7 heteroatoms. The molecule has 6 nitrogen and oxygen atoms in total. The average molecular weight is 312 g/mol. The van der Waals surface area contributed by atoms with E-state index in [-0.39, 0.29) is 6.54 Å². The Hall–Kier alpha value is -1.70. The molecule has 0 heterocycles. The molecule has 21 heavy (non-hydrogen) atoms. The fraction of sp³-hybridized carbons (Fsp3) is 0.357. The van der Waals surface area contributed by atoms with Crippen LogP contribution in [0.2, 0.25) is 0 Å². The summed E-state index contributed by atoms with van der Waals surface area (Å²) in [6.45, 7) is 5.44. The van der Waals surface area contributed by atoms with Crippen LogP contribution in [0.15, 0.2) is 30.3 Å². The van der Waals surface area contributed by atoms with E-state index in [1.165, 1.54) is 6.08 Å². The Morgan fingerprint density at radius 1 is 1.24 bits per heavy atom. The highest BCUT2D eigenvalue weighted by Gasteiger charge is 2.18. The Labute approximate surface area is 125 Å². The van der Waals surface area contributed by atoms with Gasteiger partial charge in [-0.25, -0.2) is 4.79 Å². The zero-order chi connectivity index (χ0) is 16.1. The van der Waals surface area contributed by atoms with Gasteiger partial charge in [0.1, 0.15) is 0 Å². The summed E-state index contributed by atoms with van der Waals surface area (Å²) in [4.78, 5) is 10.4. The number of aliphatic carboxylic acids is 1. The Balaban J connectivity index is 2.63.